The Morgan fingerprint density at radius 3 is 2.64 bits per heavy atom. The normalized spacial score (nSPS) is 18.1. The number of fused-ring (bicyclic) bond motifs is 2. The summed E-state index contributed by atoms with van der Waals surface area (Å²) in [6.45, 7) is -1.05. The molecule has 1 fully saturated rings. The monoisotopic (exact) mass is 545 g/mol. The standard InChI is InChI=1S/C26H26F3N5O5/c1-32-22-16(31-23(32)18-10-14-5-3-4-6-17(14)34(18)13-26(27,28)29)9-15(11-20(22)38-2)24(36)33-8-7-19(35)21(12-33)39-25(30)37/h3-6,9-11,19,21,35H,7-8,12-13H2,1-2H3,(H2,30,37)/t19-,21+/m0/s1. The Kier molecular flexibility index (Phi) is 6.62. The number of carbonyl (C=O) groups is 2. The van der Waals surface area contributed by atoms with Gasteiger partial charge in [0.15, 0.2) is 5.82 Å². The molecule has 2 amide bonds. The fourth-order valence-electron chi connectivity index (χ4n) is 5.10. The van der Waals surface area contributed by atoms with Crippen LogP contribution in [0.4, 0.5) is 18.0 Å². The third-order valence-electron chi connectivity index (χ3n) is 6.86. The van der Waals surface area contributed by atoms with Crippen molar-refractivity contribution in [3.05, 3.63) is 48.0 Å². The second-order valence-electron chi connectivity index (χ2n) is 9.41. The van der Waals surface area contributed by atoms with Crippen molar-refractivity contribution in [2.75, 3.05) is 20.2 Å². The van der Waals surface area contributed by atoms with E-state index in [1.54, 1.807) is 41.9 Å². The van der Waals surface area contributed by atoms with E-state index in [9.17, 15) is 27.9 Å². The number of ether oxygens (including phenoxy) is 2. The molecule has 206 valence electrons. The summed E-state index contributed by atoms with van der Waals surface area (Å²) in [6, 6.07) is 11.5. The molecule has 0 radical (unpaired) electrons. The molecular formula is C26H26F3N5O5. The smallest absolute Gasteiger partial charge is 0.406 e. The van der Waals surface area contributed by atoms with Gasteiger partial charge in [-0.15, -0.1) is 0 Å². The van der Waals surface area contributed by atoms with Crippen molar-refractivity contribution in [2.24, 2.45) is 12.8 Å². The Morgan fingerprint density at radius 2 is 1.95 bits per heavy atom. The lowest BCUT2D eigenvalue weighted by Gasteiger charge is -2.35. The number of amides is 2. The van der Waals surface area contributed by atoms with Crippen molar-refractivity contribution < 1.29 is 37.3 Å². The first-order chi connectivity index (χ1) is 18.5. The van der Waals surface area contributed by atoms with E-state index in [-0.39, 0.29) is 36.6 Å². The van der Waals surface area contributed by atoms with Crippen molar-refractivity contribution in [3.8, 4) is 17.3 Å². The van der Waals surface area contributed by atoms with Crippen LogP contribution in [-0.4, -0.2) is 74.7 Å². The minimum Gasteiger partial charge on any atom is -0.494 e. The quantitative estimate of drug-likeness (QED) is 0.396. The number of aromatic nitrogens is 3. The highest BCUT2D eigenvalue weighted by Gasteiger charge is 2.34. The fraction of sp³-hybridized carbons (Fsp3) is 0.346. The lowest BCUT2D eigenvalue weighted by molar-refractivity contribution is -0.139. The van der Waals surface area contributed by atoms with Crippen LogP contribution in [0.2, 0.25) is 0 Å². The van der Waals surface area contributed by atoms with Crippen LogP contribution in [0.25, 0.3) is 33.5 Å². The SMILES string of the molecule is COc1cc(C(=O)N2CC[C@H](O)[C@H](OC(N)=O)C2)cc2nc(-c3cc4ccccc4n3CC(F)(F)F)n(C)c12. The number of rotatable bonds is 5. The highest BCUT2D eigenvalue weighted by Crippen LogP contribution is 2.36. The zero-order chi connectivity index (χ0) is 28.1. The van der Waals surface area contributed by atoms with Gasteiger partial charge >= 0.3 is 12.3 Å². The largest absolute Gasteiger partial charge is 0.494 e. The summed E-state index contributed by atoms with van der Waals surface area (Å²) in [7, 11) is 3.09. The van der Waals surface area contributed by atoms with Crippen LogP contribution < -0.4 is 10.5 Å². The van der Waals surface area contributed by atoms with Gasteiger partial charge in [0.05, 0.1) is 31.0 Å². The minimum atomic E-state index is -4.46. The summed E-state index contributed by atoms with van der Waals surface area (Å²) >= 11 is 0. The number of alkyl halides is 3. The molecule has 1 saturated heterocycles. The molecule has 1 aliphatic heterocycles. The Bertz CT molecular complexity index is 1580. The number of aliphatic hydroxyl groups is 1. The maximum absolute atomic E-state index is 13.5. The van der Waals surface area contributed by atoms with Crippen LogP contribution in [0, 0.1) is 0 Å². The summed E-state index contributed by atoms with van der Waals surface area (Å²) in [6.07, 6.45) is -7.26. The highest BCUT2D eigenvalue weighted by molar-refractivity contribution is 6.00. The van der Waals surface area contributed by atoms with E-state index >= 15 is 0 Å². The predicted molar refractivity (Wildman–Crippen MR) is 135 cm³/mol. The van der Waals surface area contributed by atoms with E-state index < -0.39 is 36.9 Å². The Balaban J connectivity index is 1.58. The molecule has 4 aromatic rings. The molecule has 2 aromatic carbocycles. The minimum absolute atomic E-state index is 0.0612. The molecule has 10 nitrogen and oxygen atoms in total. The van der Waals surface area contributed by atoms with Crippen molar-refractivity contribution in [2.45, 2.75) is 31.3 Å². The Labute approximate surface area is 220 Å². The molecule has 5 rings (SSSR count). The second-order valence-corrected chi connectivity index (χ2v) is 9.41. The number of piperidine rings is 1. The van der Waals surface area contributed by atoms with Gasteiger partial charge < -0.3 is 34.3 Å². The number of methoxy groups -OCH3 is 1. The lowest BCUT2D eigenvalue weighted by atomic mass is 10.0. The number of likely N-dealkylation sites (tertiary alicyclic amines) is 1. The van der Waals surface area contributed by atoms with Gasteiger partial charge in [-0.2, -0.15) is 13.2 Å². The first-order valence-electron chi connectivity index (χ1n) is 12.1. The fourth-order valence-corrected chi connectivity index (χ4v) is 5.10. The number of carbonyl (C=O) groups excluding carboxylic acids is 2. The molecule has 0 bridgehead atoms. The molecule has 0 unspecified atom stereocenters. The molecule has 13 heteroatoms. The molecule has 1 aliphatic rings. The lowest BCUT2D eigenvalue weighted by Crippen LogP contribution is -2.51. The van der Waals surface area contributed by atoms with Gasteiger partial charge in [0.2, 0.25) is 0 Å². The van der Waals surface area contributed by atoms with Crippen molar-refractivity contribution in [1.29, 1.82) is 0 Å². The van der Waals surface area contributed by atoms with Gasteiger partial charge in [0.1, 0.15) is 23.9 Å². The molecule has 3 N–H and O–H groups in total. The molecule has 0 saturated carbocycles. The second kappa shape index (κ2) is 9.80. The van der Waals surface area contributed by atoms with E-state index in [0.717, 1.165) is 0 Å². The summed E-state index contributed by atoms with van der Waals surface area (Å²) in [5.74, 6) is 0.153. The van der Waals surface area contributed by atoms with E-state index in [2.05, 4.69) is 4.98 Å². The van der Waals surface area contributed by atoms with E-state index in [0.29, 0.717) is 27.7 Å². The number of primary amides is 1. The van der Waals surface area contributed by atoms with Crippen molar-refractivity contribution in [1.82, 2.24) is 19.0 Å². The zero-order valence-electron chi connectivity index (χ0n) is 21.1. The maximum Gasteiger partial charge on any atom is 0.406 e. The topological polar surface area (TPSA) is 125 Å². The van der Waals surface area contributed by atoms with Crippen molar-refractivity contribution >= 4 is 33.9 Å². The number of imidazole rings is 1. The highest BCUT2D eigenvalue weighted by atomic mass is 19.4. The molecular weight excluding hydrogens is 519 g/mol. The number of hydrogen-bond acceptors (Lipinski definition) is 6. The van der Waals surface area contributed by atoms with Gasteiger partial charge in [-0.05, 0) is 30.7 Å². The van der Waals surface area contributed by atoms with Gasteiger partial charge in [-0.1, -0.05) is 18.2 Å². The van der Waals surface area contributed by atoms with Crippen LogP contribution in [0.1, 0.15) is 16.8 Å². The van der Waals surface area contributed by atoms with Crippen LogP contribution in [0.5, 0.6) is 5.75 Å². The predicted octanol–water partition coefficient (Wildman–Crippen LogP) is 3.44. The van der Waals surface area contributed by atoms with Gasteiger partial charge in [0, 0.05) is 30.1 Å². The summed E-state index contributed by atoms with van der Waals surface area (Å²) in [4.78, 5) is 30.6. The zero-order valence-corrected chi connectivity index (χ0v) is 21.1. The molecule has 2 atom stereocenters. The number of halogens is 3. The van der Waals surface area contributed by atoms with Gasteiger partial charge in [-0.25, -0.2) is 9.78 Å². The van der Waals surface area contributed by atoms with Crippen LogP contribution in [-0.2, 0) is 18.3 Å². The van der Waals surface area contributed by atoms with Gasteiger partial charge in [-0.3, -0.25) is 4.79 Å². The average Bonchev–Trinajstić information content (AvgIpc) is 3.40. The summed E-state index contributed by atoms with van der Waals surface area (Å²) < 4.78 is 53.9. The van der Waals surface area contributed by atoms with Crippen LogP contribution in [0.3, 0.4) is 0 Å². The molecule has 2 aromatic heterocycles. The number of aryl methyl sites for hydroxylation is 1. The number of aliphatic hydroxyl groups excluding tert-OH is 1. The van der Waals surface area contributed by atoms with Crippen molar-refractivity contribution in [3.63, 3.8) is 0 Å². The molecule has 3 heterocycles. The maximum atomic E-state index is 13.5. The average molecular weight is 546 g/mol. The third-order valence-corrected chi connectivity index (χ3v) is 6.86. The Morgan fingerprint density at radius 1 is 1.21 bits per heavy atom. The first-order valence-corrected chi connectivity index (χ1v) is 12.1. The number of nitrogens with zero attached hydrogens (tertiary/aromatic N) is 4. The van der Waals surface area contributed by atoms with E-state index in [1.165, 1.54) is 28.7 Å². The van der Waals surface area contributed by atoms with Gasteiger partial charge in [0.25, 0.3) is 5.91 Å². The molecule has 39 heavy (non-hydrogen) atoms. The number of nitrogens with two attached hydrogens (primary N) is 1. The number of hydrogen-bond donors (Lipinski definition) is 2. The number of para-hydroxylation sites is 1. The molecule has 0 spiro atoms. The number of benzene rings is 2. The van der Waals surface area contributed by atoms with E-state index in [4.69, 9.17) is 15.2 Å². The van der Waals surface area contributed by atoms with Crippen LogP contribution >= 0.6 is 0 Å². The third kappa shape index (κ3) is 4.97. The first kappa shape index (κ1) is 26.4. The van der Waals surface area contributed by atoms with Crippen LogP contribution in [0.15, 0.2) is 42.5 Å². The summed E-state index contributed by atoms with van der Waals surface area (Å²) in [5.41, 5.74) is 6.83. The summed E-state index contributed by atoms with van der Waals surface area (Å²) in [5, 5.41) is 10.8. The Hall–Kier alpha value is -4.26. The molecule has 0 aliphatic carbocycles. The van der Waals surface area contributed by atoms with E-state index in [1.807, 2.05) is 0 Å².